The largest absolute Gasteiger partial charge is 0.311 e. The van der Waals surface area contributed by atoms with Crippen molar-refractivity contribution in [2.75, 3.05) is 9.80 Å². The van der Waals surface area contributed by atoms with Crippen LogP contribution in [0.4, 0.5) is 34.1 Å². The Labute approximate surface area is 405 Å². The second-order valence-electron chi connectivity index (χ2n) is 17.6. The quantitative estimate of drug-likeness (QED) is 0.128. The van der Waals surface area contributed by atoms with E-state index in [-0.39, 0.29) is 0 Å². The molecule has 2 heteroatoms. The third-order valence-electron chi connectivity index (χ3n) is 13.7. The van der Waals surface area contributed by atoms with E-state index in [9.17, 15) is 0 Å². The number of hydrogen-bond donors (Lipinski definition) is 0. The maximum Gasteiger partial charge on any atom is 0.0714 e. The molecule has 0 atom stereocenters. The predicted octanol–water partition coefficient (Wildman–Crippen LogP) is 18.0. The van der Waals surface area contributed by atoms with Gasteiger partial charge in [-0.15, -0.1) is 0 Å². The Balaban J connectivity index is 1.19. The number of nitrogens with zero attached hydrogens (tertiary/aromatic N) is 2. The van der Waals surface area contributed by atoms with Crippen molar-refractivity contribution in [1.29, 1.82) is 0 Å². The normalized spacial score (nSPS) is 12.2. The van der Waals surface area contributed by atoms with E-state index in [0.717, 1.165) is 67.5 Å². The van der Waals surface area contributed by atoms with Crippen molar-refractivity contribution in [1.82, 2.24) is 0 Å². The van der Waals surface area contributed by atoms with Crippen LogP contribution in [-0.4, -0.2) is 0 Å². The zero-order valence-electron chi connectivity index (χ0n) is 38.1. The van der Waals surface area contributed by atoms with Crippen LogP contribution in [0.5, 0.6) is 0 Å². The Kier molecular flexibility index (Phi) is 10.8. The van der Waals surface area contributed by atoms with Crippen LogP contribution in [0.25, 0.3) is 44.5 Å². The zero-order chi connectivity index (χ0) is 46.0. The van der Waals surface area contributed by atoms with Crippen LogP contribution in [0, 0.1) is 0 Å². The standard InChI is InChI=1S/C67H48N2/c1-7-25-49(26-8-1)57-37-20-23-41-64(57)69(65-42-24-21-38-58(65)50-27-9-2-10-28-50)66-48-63-61(59-39-19-22-40-62(59)67(63,52-29-11-3-12-30-52)53-31-13-4-14-32-53)47-60(66)51-43-45-56(46-44-51)68(54-33-15-5-16-34-54)55-35-17-6-18-36-55/h1-48H. The van der Waals surface area contributed by atoms with Gasteiger partial charge in [0.2, 0.25) is 0 Å². The fourth-order valence-corrected chi connectivity index (χ4v) is 10.7. The van der Waals surface area contributed by atoms with E-state index < -0.39 is 5.41 Å². The molecule has 0 fully saturated rings. The van der Waals surface area contributed by atoms with Crippen LogP contribution in [-0.2, 0) is 5.41 Å². The summed E-state index contributed by atoms with van der Waals surface area (Å²) in [5, 5.41) is 0. The summed E-state index contributed by atoms with van der Waals surface area (Å²) >= 11 is 0. The molecule has 0 heterocycles. The number of benzene rings is 11. The summed E-state index contributed by atoms with van der Waals surface area (Å²) in [7, 11) is 0. The molecule has 0 saturated carbocycles. The topological polar surface area (TPSA) is 6.48 Å². The van der Waals surface area contributed by atoms with Gasteiger partial charge in [-0.3, -0.25) is 0 Å². The minimum absolute atomic E-state index is 0.610. The average Bonchev–Trinajstić information content (AvgIpc) is 3.73. The molecule has 11 aromatic rings. The number of fused-ring (bicyclic) bond motifs is 3. The summed E-state index contributed by atoms with van der Waals surface area (Å²) in [6.07, 6.45) is 0. The summed E-state index contributed by atoms with van der Waals surface area (Å²) < 4.78 is 0. The summed E-state index contributed by atoms with van der Waals surface area (Å²) in [5.41, 5.74) is 20.2. The molecule has 2 nitrogen and oxygen atoms in total. The van der Waals surface area contributed by atoms with Gasteiger partial charge in [-0.05, 0) is 111 Å². The Bertz CT molecular complexity index is 3360. The number of anilines is 6. The van der Waals surface area contributed by atoms with Crippen molar-refractivity contribution >= 4 is 34.1 Å². The second-order valence-corrected chi connectivity index (χ2v) is 17.6. The van der Waals surface area contributed by atoms with Gasteiger partial charge in [0, 0.05) is 33.8 Å². The first-order chi connectivity index (χ1) is 34.3. The highest BCUT2D eigenvalue weighted by Crippen LogP contribution is 2.59. The zero-order valence-corrected chi connectivity index (χ0v) is 38.1. The molecule has 69 heavy (non-hydrogen) atoms. The van der Waals surface area contributed by atoms with Crippen LogP contribution in [0.1, 0.15) is 22.3 Å². The van der Waals surface area contributed by atoms with Gasteiger partial charge >= 0.3 is 0 Å². The summed E-state index contributed by atoms with van der Waals surface area (Å²) in [5.74, 6) is 0. The van der Waals surface area contributed by atoms with Crippen molar-refractivity contribution in [2.45, 2.75) is 5.41 Å². The monoisotopic (exact) mass is 880 g/mol. The summed E-state index contributed by atoms with van der Waals surface area (Å²) in [6, 6.07) is 106. The molecule has 0 spiro atoms. The van der Waals surface area contributed by atoms with Crippen molar-refractivity contribution in [3.63, 3.8) is 0 Å². The van der Waals surface area contributed by atoms with Crippen LogP contribution >= 0.6 is 0 Å². The summed E-state index contributed by atoms with van der Waals surface area (Å²) in [4.78, 5) is 4.87. The maximum absolute atomic E-state index is 2.54. The highest BCUT2D eigenvalue weighted by Gasteiger charge is 2.47. The van der Waals surface area contributed by atoms with Gasteiger partial charge in [0.15, 0.2) is 0 Å². The number of hydrogen-bond acceptors (Lipinski definition) is 2. The fourth-order valence-electron chi connectivity index (χ4n) is 10.7. The first-order valence-corrected chi connectivity index (χ1v) is 23.8. The molecule has 11 aromatic carbocycles. The lowest BCUT2D eigenvalue weighted by Gasteiger charge is -2.36. The molecule has 12 rings (SSSR count). The van der Waals surface area contributed by atoms with E-state index in [4.69, 9.17) is 0 Å². The smallest absolute Gasteiger partial charge is 0.0714 e. The lowest BCUT2D eigenvalue weighted by Crippen LogP contribution is -2.28. The van der Waals surface area contributed by atoms with Gasteiger partial charge < -0.3 is 9.80 Å². The molecule has 0 N–H and O–H groups in total. The highest BCUT2D eigenvalue weighted by molar-refractivity contribution is 6.01. The van der Waals surface area contributed by atoms with Gasteiger partial charge in [0.25, 0.3) is 0 Å². The van der Waals surface area contributed by atoms with E-state index in [0.29, 0.717) is 0 Å². The van der Waals surface area contributed by atoms with Crippen molar-refractivity contribution in [3.8, 4) is 44.5 Å². The van der Waals surface area contributed by atoms with Crippen LogP contribution in [0.2, 0.25) is 0 Å². The van der Waals surface area contributed by atoms with Gasteiger partial charge in [-0.1, -0.05) is 231 Å². The minimum Gasteiger partial charge on any atom is -0.311 e. The average molecular weight is 881 g/mol. The van der Waals surface area contributed by atoms with Crippen molar-refractivity contribution in [2.24, 2.45) is 0 Å². The lowest BCUT2D eigenvalue weighted by atomic mass is 9.67. The maximum atomic E-state index is 2.54. The Morgan fingerprint density at radius 2 is 0.594 bits per heavy atom. The molecule has 0 aromatic heterocycles. The van der Waals surface area contributed by atoms with E-state index >= 15 is 0 Å². The molecular formula is C67H48N2. The highest BCUT2D eigenvalue weighted by atomic mass is 15.2. The van der Waals surface area contributed by atoms with Gasteiger partial charge in [0.1, 0.15) is 0 Å². The minimum atomic E-state index is -0.610. The van der Waals surface area contributed by atoms with Gasteiger partial charge in [-0.25, -0.2) is 0 Å². The third-order valence-corrected chi connectivity index (χ3v) is 13.7. The molecule has 0 radical (unpaired) electrons. The first-order valence-electron chi connectivity index (χ1n) is 23.8. The van der Waals surface area contributed by atoms with E-state index in [2.05, 4.69) is 301 Å². The molecule has 0 unspecified atom stereocenters. The Hall–Kier alpha value is -8.98. The lowest BCUT2D eigenvalue weighted by molar-refractivity contribution is 0.768. The molecule has 0 aliphatic heterocycles. The molecule has 0 bridgehead atoms. The van der Waals surface area contributed by atoms with Crippen molar-refractivity contribution < 1.29 is 0 Å². The SMILES string of the molecule is c1ccc(-c2ccccc2N(c2ccccc2-c2ccccc2)c2cc3c(cc2-c2ccc(N(c4ccccc4)c4ccccc4)cc2)-c2ccccc2C3(c2ccccc2)c2ccccc2)cc1. The predicted molar refractivity (Wildman–Crippen MR) is 289 cm³/mol. The molecular weight excluding hydrogens is 833 g/mol. The van der Waals surface area contributed by atoms with Crippen molar-refractivity contribution in [3.05, 3.63) is 313 Å². The van der Waals surface area contributed by atoms with Gasteiger partial charge in [0.05, 0.1) is 22.5 Å². The van der Waals surface area contributed by atoms with Crippen LogP contribution in [0.3, 0.4) is 0 Å². The first kappa shape index (κ1) is 41.5. The number of rotatable bonds is 11. The second kappa shape index (κ2) is 18.0. The molecule has 1 aliphatic rings. The van der Waals surface area contributed by atoms with E-state index in [1.165, 1.54) is 33.4 Å². The molecule has 0 amide bonds. The fraction of sp³-hybridized carbons (Fsp3) is 0.0149. The molecule has 1 aliphatic carbocycles. The van der Waals surface area contributed by atoms with E-state index in [1.54, 1.807) is 0 Å². The molecule has 326 valence electrons. The number of para-hydroxylation sites is 4. The van der Waals surface area contributed by atoms with Crippen LogP contribution < -0.4 is 9.80 Å². The van der Waals surface area contributed by atoms with Crippen LogP contribution in [0.15, 0.2) is 291 Å². The Morgan fingerprint density at radius 1 is 0.217 bits per heavy atom. The van der Waals surface area contributed by atoms with Gasteiger partial charge in [-0.2, -0.15) is 0 Å². The molecule has 0 saturated heterocycles. The Morgan fingerprint density at radius 3 is 1.09 bits per heavy atom. The summed E-state index contributed by atoms with van der Waals surface area (Å²) in [6.45, 7) is 0. The van der Waals surface area contributed by atoms with E-state index in [1.807, 2.05) is 0 Å². The third kappa shape index (κ3) is 7.31.